The van der Waals surface area contributed by atoms with E-state index < -0.39 is 0 Å². The summed E-state index contributed by atoms with van der Waals surface area (Å²) in [6.07, 6.45) is 0.974. The van der Waals surface area contributed by atoms with Crippen molar-refractivity contribution in [2.45, 2.75) is 32.4 Å². The fourth-order valence-electron chi connectivity index (χ4n) is 3.00. The van der Waals surface area contributed by atoms with Gasteiger partial charge in [-0.25, -0.2) is 4.79 Å². The Kier molecular flexibility index (Phi) is 4.34. The second kappa shape index (κ2) is 6.40. The average Bonchev–Trinajstić information content (AvgIpc) is 3.13. The van der Waals surface area contributed by atoms with Gasteiger partial charge in [0.25, 0.3) is 0 Å². The molecule has 5 heteroatoms. The van der Waals surface area contributed by atoms with Crippen LogP contribution in [0, 0.1) is 0 Å². The molecule has 1 fully saturated rings. The van der Waals surface area contributed by atoms with Gasteiger partial charge < -0.3 is 20.0 Å². The van der Waals surface area contributed by atoms with Crippen LogP contribution in [0.15, 0.2) is 34.7 Å². The number of fused-ring (bicyclic) bond motifs is 1. The van der Waals surface area contributed by atoms with E-state index in [0.29, 0.717) is 12.6 Å². The van der Waals surface area contributed by atoms with Crippen molar-refractivity contribution in [3.8, 4) is 0 Å². The molecule has 2 aromatic rings. The molecule has 1 aliphatic heterocycles. The molecule has 0 bridgehead atoms. The van der Waals surface area contributed by atoms with E-state index in [4.69, 9.17) is 4.42 Å². The summed E-state index contributed by atoms with van der Waals surface area (Å²) in [7, 11) is 0. The van der Waals surface area contributed by atoms with Gasteiger partial charge in [-0.1, -0.05) is 18.2 Å². The van der Waals surface area contributed by atoms with Crippen LogP contribution in [-0.2, 0) is 0 Å². The third-order valence-corrected chi connectivity index (χ3v) is 4.16. The van der Waals surface area contributed by atoms with Gasteiger partial charge in [0.15, 0.2) is 0 Å². The van der Waals surface area contributed by atoms with Crippen LogP contribution in [0.25, 0.3) is 11.0 Å². The molecule has 2 heterocycles. The molecular weight excluding hydrogens is 278 g/mol. The zero-order chi connectivity index (χ0) is 15.5. The van der Waals surface area contributed by atoms with Crippen LogP contribution in [0.1, 0.15) is 32.1 Å². The number of likely N-dealkylation sites (tertiary alicyclic amines) is 1. The number of urea groups is 1. The van der Waals surface area contributed by atoms with E-state index in [1.54, 1.807) is 0 Å². The van der Waals surface area contributed by atoms with Crippen LogP contribution < -0.4 is 10.6 Å². The number of para-hydroxylation sites is 1. The summed E-state index contributed by atoms with van der Waals surface area (Å²) in [6.45, 7) is 6.26. The number of amides is 2. The van der Waals surface area contributed by atoms with Gasteiger partial charge in [-0.3, -0.25) is 0 Å². The van der Waals surface area contributed by atoms with Gasteiger partial charge in [-0.2, -0.15) is 0 Å². The second-order valence-corrected chi connectivity index (χ2v) is 5.84. The average molecular weight is 301 g/mol. The first-order chi connectivity index (χ1) is 10.7. The molecule has 22 heavy (non-hydrogen) atoms. The first-order valence-electron chi connectivity index (χ1n) is 7.94. The van der Waals surface area contributed by atoms with Gasteiger partial charge in [-0.15, -0.1) is 0 Å². The zero-order valence-corrected chi connectivity index (χ0v) is 13.1. The maximum atomic E-state index is 11.8. The Bertz CT molecular complexity index is 619. The molecule has 2 amide bonds. The Balaban J connectivity index is 1.60. The van der Waals surface area contributed by atoms with E-state index in [1.165, 1.54) is 0 Å². The maximum Gasteiger partial charge on any atom is 0.317 e. The summed E-state index contributed by atoms with van der Waals surface area (Å²) in [5.74, 6) is 0.942. The summed E-state index contributed by atoms with van der Waals surface area (Å²) in [4.78, 5) is 13.7. The lowest BCUT2D eigenvalue weighted by Gasteiger charge is -2.19. The molecule has 118 valence electrons. The molecule has 1 aliphatic rings. The van der Waals surface area contributed by atoms with E-state index in [0.717, 1.165) is 36.2 Å². The molecule has 0 saturated carbocycles. The number of hydrogen-bond donors (Lipinski definition) is 2. The Morgan fingerprint density at radius 1 is 1.45 bits per heavy atom. The molecule has 0 spiro atoms. The van der Waals surface area contributed by atoms with Gasteiger partial charge in [-0.05, 0) is 32.4 Å². The number of nitrogens with zero attached hydrogens (tertiary/aromatic N) is 1. The summed E-state index contributed by atoms with van der Waals surface area (Å²) in [5, 5.41) is 7.55. The predicted octanol–water partition coefficient (Wildman–Crippen LogP) is 2.89. The van der Waals surface area contributed by atoms with Crippen LogP contribution in [0.3, 0.4) is 0 Å². The van der Waals surface area contributed by atoms with Gasteiger partial charge in [0.2, 0.25) is 0 Å². The normalized spacial score (nSPS) is 19.5. The number of carbonyl (C=O) groups excluding carboxylic acids is 1. The lowest BCUT2D eigenvalue weighted by molar-refractivity contribution is 0.208. The lowest BCUT2D eigenvalue weighted by Crippen LogP contribution is -2.41. The van der Waals surface area contributed by atoms with Crippen molar-refractivity contribution in [1.82, 2.24) is 15.5 Å². The van der Waals surface area contributed by atoms with Crippen LogP contribution in [0.5, 0.6) is 0 Å². The molecule has 0 unspecified atom stereocenters. The van der Waals surface area contributed by atoms with E-state index in [-0.39, 0.29) is 12.1 Å². The van der Waals surface area contributed by atoms with Crippen molar-refractivity contribution in [1.29, 1.82) is 0 Å². The van der Waals surface area contributed by atoms with E-state index in [1.807, 2.05) is 30.0 Å². The molecule has 3 rings (SSSR count). The molecule has 0 aliphatic carbocycles. The summed E-state index contributed by atoms with van der Waals surface area (Å²) in [5.41, 5.74) is 0.918. The molecule has 1 aromatic carbocycles. The third kappa shape index (κ3) is 3.09. The van der Waals surface area contributed by atoms with Crippen molar-refractivity contribution in [2.75, 3.05) is 19.6 Å². The minimum absolute atomic E-state index is 0.0307. The van der Waals surface area contributed by atoms with Crippen LogP contribution in [0.2, 0.25) is 0 Å². The Morgan fingerprint density at radius 3 is 3.05 bits per heavy atom. The number of hydrogen-bond acceptors (Lipinski definition) is 3. The van der Waals surface area contributed by atoms with Gasteiger partial charge in [0, 0.05) is 31.1 Å². The highest BCUT2D eigenvalue weighted by molar-refractivity contribution is 5.77. The highest BCUT2D eigenvalue weighted by Crippen LogP contribution is 2.24. The fraction of sp³-hybridized carbons (Fsp3) is 0.471. The molecule has 1 aromatic heterocycles. The molecule has 5 nitrogen and oxygen atoms in total. The van der Waals surface area contributed by atoms with Crippen LogP contribution >= 0.6 is 0 Å². The Hall–Kier alpha value is -2.01. The molecule has 1 saturated heterocycles. The van der Waals surface area contributed by atoms with Crippen molar-refractivity contribution in [3.63, 3.8) is 0 Å². The van der Waals surface area contributed by atoms with Crippen LogP contribution in [-0.4, -0.2) is 36.6 Å². The molecular formula is C17H23N3O2. The molecule has 0 radical (unpaired) electrons. The van der Waals surface area contributed by atoms with Crippen LogP contribution in [0.4, 0.5) is 4.79 Å². The van der Waals surface area contributed by atoms with Crippen molar-refractivity contribution < 1.29 is 9.21 Å². The Morgan fingerprint density at radius 2 is 2.27 bits per heavy atom. The highest BCUT2D eigenvalue weighted by atomic mass is 16.3. The SMILES string of the molecule is CCNC(=O)N1CC[C@@H](N[C@@H](C)c2cc3ccccc3o2)C1. The Labute approximate surface area is 130 Å². The first kappa shape index (κ1) is 14.9. The predicted molar refractivity (Wildman–Crippen MR) is 86.8 cm³/mol. The van der Waals surface area contributed by atoms with E-state index in [2.05, 4.69) is 29.7 Å². The van der Waals surface area contributed by atoms with Gasteiger partial charge >= 0.3 is 6.03 Å². The lowest BCUT2D eigenvalue weighted by atomic mass is 10.2. The zero-order valence-electron chi connectivity index (χ0n) is 13.1. The molecule has 2 atom stereocenters. The number of carbonyl (C=O) groups is 1. The largest absolute Gasteiger partial charge is 0.459 e. The number of rotatable bonds is 4. The smallest absolute Gasteiger partial charge is 0.317 e. The molecule has 2 N–H and O–H groups in total. The minimum atomic E-state index is 0.0307. The summed E-state index contributed by atoms with van der Waals surface area (Å²) in [6, 6.07) is 10.6. The number of nitrogens with one attached hydrogen (secondary N) is 2. The van der Waals surface area contributed by atoms with E-state index in [9.17, 15) is 4.79 Å². The van der Waals surface area contributed by atoms with Crippen molar-refractivity contribution >= 4 is 17.0 Å². The fourth-order valence-corrected chi connectivity index (χ4v) is 3.00. The monoisotopic (exact) mass is 301 g/mol. The maximum absolute atomic E-state index is 11.8. The number of benzene rings is 1. The van der Waals surface area contributed by atoms with Crippen molar-refractivity contribution in [3.05, 3.63) is 36.1 Å². The quantitative estimate of drug-likeness (QED) is 0.913. The topological polar surface area (TPSA) is 57.5 Å². The highest BCUT2D eigenvalue weighted by Gasteiger charge is 2.27. The minimum Gasteiger partial charge on any atom is -0.459 e. The summed E-state index contributed by atoms with van der Waals surface area (Å²) < 4.78 is 5.90. The second-order valence-electron chi connectivity index (χ2n) is 5.84. The van der Waals surface area contributed by atoms with E-state index >= 15 is 0 Å². The number of furan rings is 1. The first-order valence-corrected chi connectivity index (χ1v) is 7.94. The third-order valence-electron chi connectivity index (χ3n) is 4.16. The summed E-state index contributed by atoms with van der Waals surface area (Å²) >= 11 is 0. The van der Waals surface area contributed by atoms with Gasteiger partial charge in [0.1, 0.15) is 11.3 Å². The standard InChI is InChI=1S/C17H23N3O2/c1-3-18-17(21)20-9-8-14(11-20)19-12(2)16-10-13-6-4-5-7-15(13)22-16/h4-7,10,12,14,19H,3,8-9,11H2,1-2H3,(H,18,21)/t12-,14+/m0/s1. The van der Waals surface area contributed by atoms with Crippen molar-refractivity contribution in [2.24, 2.45) is 0 Å². The van der Waals surface area contributed by atoms with Gasteiger partial charge in [0.05, 0.1) is 6.04 Å².